The lowest BCUT2D eigenvalue weighted by molar-refractivity contribution is 0.0914. The van der Waals surface area contributed by atoms with E-state index in [-0.39, 0.29) is 11.4 Å². The fraction of sp³-hybridized carbons (Fsp3) is 0.421. The van der Waals surface area contributed by atoms with Crippen LogP contribution in [0.2, 0.25) is 5.02 Å². The number of anilines is 2. The number of piperazine rings is 1. The number of carbonyl (C=O) groups is 1. The van der Waals surface area contributed by atoms with Crippen LogP contribution in [0.5, 0.6) is 0 Å². The van der Waals surface area contributed by atoms with Crippen LogP contribution in [-0.2, 0) is 0 Å². The van der Waals surface area contributed by atoms with Gasteiger partial charge in [-0.1, -0.05) is 17.7 Å². The number of benzene rings is 1. The van der Waals surface area contributed by atoms with Gasteiger partial charge in [-0.2, -0.15) is 0 Å². The lowest BCUT2D eigenvalue weighted by atomic mass is 10.1. The van der Waals surface area contributed by atoms with Gasteiger partial charge in [0.2, 0.25) is 0 Å². The molecule has 0 spiro atoms. The van der Waals surface area contributed by atoms with Gasteiger partial charge in [-0.05, 0) is 39.0 Å². The molecule has 0 aliphatic carbocycles. The zero-order valence-corrected chi connectivity index (χ0v) is 16.1. The zero-order valence-electron chi connectivity index (χ0n) is 15.4. The molecule has 1 fully saturated rings. The SMILES string of the molecule is CC(C)(C)NC(=O)c1cc(N2CCN(c3cccc(Cl)c3)CC2)ncn1. The van der Waals surface area contributed by atoms with Gasteiger partial charge in [-0.25, -0.2) is 9.97 Å². The molecule has 0 unspecified atom stereocenters. The maximum Gasteiger partial charge on any atom is 0.270 e. The minimum Gasteiger partial charge on any atom is -0.368 e. The summed E-state index contributed by atoms with van der Waals surface area (Å²) in [4.78, 5) is 25.3. The van der Waals surface area contributed by atoms with E-state index in [4.69, 9.17) is 11.6 Å². The number of carbonyl (C=O) groups excluding carboxylic acids is 1. The summed E-state index contributed by atoms with van der Waals surface area (Å²) in [5.41, 5.74) is 1.22. The normalized spacial score (nSPS) is 15.1. The number of nitrogens with zero attached hydrogens (tertiary/aromatic N) is 4. The van der Waals surface area contributed by atoms with Crippen molar-refractivity contribution in [2.75, 3.05) is 36.0 Å². The van der Waals surface area contributed by atoms with Crippen LogP contribution in [0.15, 0.2) is 36.7 Å². The number of halogens is 1. The molecule has 2 aromatic rings. The molecule has 7 heteroatoms. The maximum absolute atomic E-state index is 12.3. The Bertz CT molecular complexity index is 781. The smallest absolute Gasteiger partial charge is 0.270 e. The van der Waals surface area contributed by atoms with Gasteiger partial charge in [0.05, 0.1) is 0 Å². The van der Waals surface area contributed by atoms with Crippen LogP contribution >= 0.6 is 11.6 Å². The molecule has 138 valence electrons. The summed E-state index contributed by atoms with van der Waals surface area (Å²) in [5, 5.41) is 3.68. The van der Waals surface area contributed by atoms with E-state index in [2.05, 4.69) is 31.2 Å². The van der Waals surface area contributed by atoms with E-state index >= 15 is 0 Å². The van der Waals surface area contributed by atoms with Gasteiger partial charge >= 0.3 is 0 Å². The lowest BCUT2D eigenvalue weighted by Crippen LogP contribution is -2.47. The summed E-state index contributed by atoms with van der Waals surface area (Å²) >= 11 is 6.09. The molecule has 1 aliphatic rings. The van der Waals surface area contributed by atoms with Crippen molar-refractivity contribution in [1.82, 2.24) is 15.3 Å². The van der Waals surface area contributed by atoms with Crippen molar-refractivity contribution in [1.29, 1.82) is 0 Å². The largest absolute Gasteiger partial charge is 0.368 e. The van der Waals surface area contributed by atoms with Gasteiger partial charge in [0.1, 0.15) is 17.8 Å². The summed E-state index contributed by atoms with van der Waals surface area (Å²) in [6.07, 6.45) is 1.45. The fourth-order valence-corrected chi connectivity index (χ4v) is 3.10. The summed E-state index contributed by atoms with van der Waals surface area (Å²) < 4.78 is 0. The topological polar surface area (TPSA) is 61.4 Å². The highest BCUT2D eigenvalue weighted by atomic mass is 35.5. The third-order valence-corrected chi connectivity index (χ3v) is 4.39. The third kappa shape index (κ3) is 4.64. The maximum atomic E-state index is 12.3. The molecular formula is C19H24ClN5O. The van der Waals surface area contributed by atoms with E-state index in [0.29, 0.717) is 5.69 Å². The minimum atomic E-state index is -0.301. The van der Waals surface area contributed by atoms with Crippen molar-refractivity contribution in [2.45, 2.75) is 26.3 Å². The van der Waals surface area contributed by atoms with Crippen molar-refractivity contribution in [3.63, 3.8) is 0 Å². The second-order valence-electron chi connectivity index (χ2n) is 7.42. The van der Waals surface area contributed by atoms with Gasteiger partial charge < -0.3 is 15.1 Å². The minimum absolute atomic E-state index is 0.182. The number of amides is 1. The van der Waals surface area contributed by atoms with Gasteiger partial charge in [-0.3, -0.25) is 4.79 Å². The standard InChI is InChI=1S/C19H24ClN5O/c1-19(2,3)23-18(26)16-12-17(22-13-21-16)25-9-7-24(8-10-25)15-6-4-5-14(20)11-15/h4-6,11-13H,7-10H2,1-3H3,(H,23,26). The molecule has 2 heterocycles. The van der Waals surface area contributed by atoms with E-state index in [0.717, 1.165) is 42.7 Å². The predicted molar refractivity (Wildman–Crippen MR) is 105 cm³/mol. The Hall–Kier alpha value is -2.34. The Kier molecular flexibility index (Phi) is 5.32. The quantitative estimate of drug-likeness (QED) is 0.896. The Labute approximate surface area is 159 Å². The van der Waals surface area contributed by atoms with E-state index < -0.39 is 0 Å². The number of rotatable bonds is 3. The molecule has 6 nitrogen and oxygen atoms in total. The van der Waals surface area contributed by atoms with Crippen molar-refractivity contribution < 1.29 is 4.79 Å². The third-order valence-electron chi connectivity index (χ3n) is 4.15. The molecule has 1 N–H and O–H groups in total. The molecular weight excluding hydrogens is 350 g/mol. The van der Waals surface area contributed by atoms with Crippen molar-refractivity contribution in [2.24, 2.45) is 0 Å². The fourth-order valence-electron chi connectivity index (χ4n) is 2.92. The van der Waals surface area contributed by atoms with Crippen LogP contribution in [0.4, 0.5) is 11.5 Å². The second kappa shape index (κ2) is 7.50. The zero-order chi connectivity index (χ0) is 18.7. The summed E-state index contributed by atoms with van der Waals surface area (Å²) in [5.74, 6) is 0.600. The van der Waals surface area contributed by atoms with Gasteiger partial charge in [0.25, 0.3) is 5.91 Å². The first kappa shape index (κ1) is 18.5. The Balaban J connectivity index is 1.66. The monoisotopic (exact) mass is 373 g/mol. The Morgan fingerprint density at radius 2 is 1.77 bits per heavy atom. The van der Waals surface area contributed by atoms with Crippen LogP contribution in [0.25, 0.3) is 0 Å². The van der Waals surface area contributed by atoms with Gasteiger partial charge in [-0.15, -0.1) is 0 Å². The highest BCUT2D eigenvalue weighted by Crippen LogP contribution is 2.22. The van der Waals surface area contributed by atoms with Crippen LogP contribution < -0.4 is 15.1 Å². The average molecular weight is 374 g/mol. The van der Waals surface area contributed by atoms with E-state index in [9.17, 15) is 4.79 Å². The van der Waals surface area contributed by atoms with Crippen molar-refractivity contribution >= 4 is 29.0 Å². The summed E-state index contributed by atoms with van der Waals surface area (Å²) in [7, 11) is 0. The molecule has 1 saturated heterocycles. The first-order valence-electron chi connectivity index (χ1n) is 8.72. The number of aromatic nitrogens is 2. The second-order valence-corrected chi connectivity index (χ2v) is 7.86. The molecule has 1 amide bonds. The van der Waals surface area contributed by atoms with Gasteiger partial charge in [0.15, 0.2) is 0 Å². The summed E-state index contributed by atoms with van der Waals surface area (Å²) in [6.45, 7) is 9.22. The first-order chi connectivity index (χ1) is 12.3. The van der Waals surface area contributed by atoms with Crippen molar-refractivity contribution in [3.05, 3.63) is 47.4 Å². The summed E-state index contributed by atoms with van der Waals surface area (Å²) in [6, 6.07) is 9.66. The molecule has 1 aromatic heterocycles. The molecule has 0 atom stereocenters. The first-order valence-corrected chi connectivity index (χ1v) is 9.10. The highest BCUT2D eigenvalue weighted by Gasteiger charge is 2.21. The van der Waals surface area contributed by atoms with E-state index in [1.165, 1.54) is 6.33 Å². The number of hydrogen-bond donors (Lipinski definition) is 1. The van der Waals surface area contributed by atoms with Crippen LogP contribution in [0.1, 0.15) is 31.3 Å². The molecule has 0 saturated carbocycles. The Morgan fingerprint density at radius 3 is 2.42 bits per heavy atom. The Morgan fingerprint density at radius 1 is 1.08 bits per heavy atom. The molecule has 0 radical (unpaired) electrons. The van der Waals surface area contributed by atoms with Crippen LogP contribution in [0.3, 0.4) is 0 Å². The highest BCUT2D eigenvalue weighted by molar-refractivity contribution is 6.30. The number of hydrogen-bond acceptors (Lipinski definition) is 5. The molecule has 1 aromatic carbocycles. The van der Waals surface area contributed by atoms with Crippen molar-refractivity contribution in [3.8, 4) is 0 Å². The molecule has 3 rings (SSSR count). The predicted octanol–water partition coefficient (Wildman–Crippen LogP) is 2.98. The van der Waals surface area contributed by atoms with E-state index in [1.54, 1.807) is 6.07 Å². The van der Waals surface area contributed by atoms with Gasteiger partial charge in [0, 0.05) is 48.5 Å². The number of nitrogens with one attached hydrogen (secondary N) is 1. The molecule has 1 aliphatic heterocycles. The van der Waals surface area contributed by atoms with Crippen LogP contribution in [0, 0.1) is 0 Å². The average Bonchev–Trinajstić information content (AvgIpc) is 2.60. The van der Waals surface area contributed by atoms with E-state index in [1.807, 2.05) is 39.0 Å². The van der Waals surface area contributed by atoms with Crippen LogP contribution in [-0.4, -0.2) is 47.6 Å². The molecule has 0 bridgehead atoms. The molecule has 26 heavy (non-hydrogen) atoms. The lowest BCUT2D eigenvalue weighted by Gasteiger charge is -2.36.